The number of hydrogen-bond donors (Lipinski definition) is 2. The van der Waals surface area contributed by atoms with E-state index in [1.807, 2.05) is 6.07 Å². The van der Waals surface area contributed by atoms with E-state index in [4.69, 9.17) is 0 Å². The molecule has 21 heavy (non-hydrogen) atoms. The Morgan fingerprint density at radius 1 is 1.19 bits per heavy atom. The van der Waals surface area contributed by atoms with Crippen LogP contribution in [-0.2, 0) is 19.6 Å². The molecule has 0 saturated heterocycles. The van der Waals surface area contributed by atoms with E-state index in [-0.39, 0.29) is 5.91 Å². The van der Waals surface area contributed by atoms with Gasteiger partial charge in [-0.05, 0) is 34.9 Å². The summed E-state index contributed by atoms with van der Waals surface area (Å²) in [4.78, 5) is 12.0. The smallest absolute Gasteiger partial charge is 0.251 e. The Bertz CT molecular complexity index is 682. The summed E-state index contributed by atoms with van der Waals surface area (Å²) >= 11 is 3.18. The zero-order chi connectivity index (χ0) is 14.8. The first-order valence-corrected chi connectivity index (χ1v) is 7.47. The number of hydrogen-bond acceptors (Lipinski definition) is 2. The molecule has 1 heterocycles. The van der Waals surface area contributed by atoms with Crippen molar-refractivity contribution in [3.05, 3.63) is 68.9 Å². The Labute approximate surface area is 130 Å². The van der Waals surface area contributed by atoms with E-state index < -0.39 is 5.82 Å². The molecule has 2 aromatic carbocycles. The Morgan fingerprint density at radius 3 is 2.81 bits per heavy atom. The molecule has 0 atom stereocenters. The van der Waals surface area contributed by atoms with Gasteiger partial charge in [-0.25, -0.2) is 4.39 Å². The van der Waals surface area contributed by atoms with Gasteiger partial charge in [0.2, 0.25) is 0 Å². The van der Waals surface area contributed by atoms with Crippen LogP contribution in [0, 0.1) is 5.82 Å². The molecule has 1 amide bonds. The monoisotopic (exact) mass is 348 g/mol. The topological polar surface area (TPSA) is 41.1 Å². The highest BCUT2D eigenvalue weighted by atomic mass is 79.9. The molecule has 0 aliphatic carbocycles. The Morgan fingerprint density at radius 2 is 2.00 bits per heavy atom. The summed E-state index contributed by atoms with van der Waals surface area (Å²) in [5.41, 5.74) is 3.93. The number of rotatable bonds is 3. The number of carbonyl (C=O) groups excluding carboxylic acids is 1. The fourth-order valence-electron chi connectivity index (χ4n) is 2.43. The highest BCUT2D eigenvalue weighted by molar-refractivity contribution is 9.10. The van der Waals surface area contributed by atoms with Crippen molar-refractivity contribution in [3.63, 3.8) is 0 Å². The first-order valence-electron chi connectivity index (χ1n) is 6.67. The van der Waals surface area contributed by atoms with Crippen LogP contribution in [0.1, 0.15) is 27.0 Å². The van der Waals surface area contributed by atoms with E-state index in [1.165, 1.54) is 23.3 Å². The van der Waals surface area contributed by atoms with Crippen LogP contribution in [0.3, 0.4) is 0 Å². The lowest BCUT2D eigenvalue weighted by Crippen LogP contribution is -2.23. The van der Waals surface area contributed by atoms with Crippen LogP contribution in [0.15, 0.2) is 40.9 Å². The van der Waals surface area contributed by atoms with Crippen LogP contribution < -0.4 is 10.6 Å². The fraction of sp³-hybridized carbons (Fsp3) is 0.188. The highest BCUT2D eigenvalue weighted by Crippen LogP contribution is 2.18. The summed E-state index contributed by atoms with van der Waals surface area (Å²) in [7, 11) is 0. The van der Waals surface area contributed by atoms with E-state index in [2.05, 4.69) is 38.7 Å². The SMILES string of the molecule is O=C(NCc1ccc2c(c1)CNC2)c1cc(F)cc(Br)c1. The van der Waals surface area contributed by atoms with Gasteiger partial charge in [0, 0.05) is 29.7 Å². The maximum Gasteiger partial charge on any atom is 0.251 e. The maximum absolute atomic E-state index is 13.3. The highest BCUT2D eigenvalue weighted by Gasteiger charge is 2.11. The fourth-order valence-corrected chi connectivity index (χ4v) is 2.89. The number of halogens is 2. The van der Waals surface area contributed by atoms with Crippen LogP contribution in [0.5, 0.6) is 0 Å². The molecule has 108 valence electrons. The minimum absolute atomic E-state index is 0.283. The number of fused-ring (bicyclic) bond motifs is 1. The molecule has 0 saturated carbocycles. The predicted octanol–water partition coefficient (Wildman–Crippen LogP) is 3.12. The number of benzene rings is 2. The lowest BCUT2D eigenvalue weighted by molar-refractivity contribution is 0.0950. The van der Waals surface area contributed by atoms with E-state index in [1.54, 1.807) is 6.07 Å². The second kappa shape index (κ2) is 5.95. The van der Waals surface area contributed by atoms with E-state index >= 15 is 0 Å². The van der Waals surface area contributed by atoms with Crippen LogP contribution in [0.25, 0.3) is 0 Å². The van der Waals surface area contributed by atoms with Crippen molar-refractivity contribution in [1.82, 2.24) is 10.6 Å². The third-order valence-corrected chi connectivity index (χ3v) is 3.94. The minimum atomic E-state index is -0.432. The Balaban J connectivity index is 1.68. The van der Waals surface area contributed by atoms with Crippen LogP contribution in [0.4, 0.5) is 4.39 Å². The van der Waals surface area contributed by atoms with Gasteiger partial charge < -0.3 is 10.6 Å². The van der Waals surface area contributed by atoms with E-state index in [9.17, 15) is 9.18 Å². The van der Waals surface area contributed by atoms with Gasteiger partial charge in [0.1, 0.15) is 5.82 Å². The summed E-state index contributed by atoms with van der Waals surface area (Å²) in [6, 6.07) is 10.3. The van der Waals surface area contributed by atoms with Crippen molar-refractivity contribution in [2.75, 3.05) is 0 Å². The number of nitrogens with one attached hydrogen (secondary N) is 2. The summed E-state index contributed by atoms with van der Waals surface area (Å²) < 4.78 is 13.8. The molecule has 2 aromatic rings. The first kappa shape index (κ1) is 14.2. The lowest BCUT2D eigenvalue weighted by atomic mass is 10.1. The molecular formula is C16H14BrFN2O. The molecule has 5 heteroatoms. The van der Waals surface area contributed by atoms with Crippen molar-refractivity contribution < 1.29 is 9.18 Å². The molecule has 0 aromatic heterocycles. The third kappa shape index (κ3) is 3.31. The quantitative estimate of drug-likeness (QED) is 0.894. The molecule has 3 rings (SSSR count). The molecule has 0 bridgehead atoms. The largest absolute Gasteiger partial charge is 0.348 e. The molecule has 3 nitrogen and oxygen atoms in total. The van der Waals surface area contributed by atoms with Gasteiger partial charge >= 0.3 is 0 Å². The minimum Gasteiger partial charge on any atom is -0.348 e. The van der Waals surface area contributed by atoms with Gasteiger partial charge in [-0.15, -0.1) is 0 Å². The summed E-state index contributed by atoms with van der Waals surface area (Å²) in [5, 5.41) is 6.10. The van der Waals surface area contributed by atoms with Gasteiger partial charge in [-0.2, -0.15) is 0 Å². The molecule has 0 radical (unpaired) electrons. The molecule has 1 aliphatic heterocycles. The van der Waals surface area contributed by atoms with Crippen molar-refractivity contribution in [2.45, 2.75) is 19.6 Å². The zero-order valence-corrected chi connectivity index (χ0v) is 12.8. The Hall–Kier alpha value is -1.72. The lowest BCUT2D eigenvalue weighted by Gasteiger charge is -2.08. The summed E-state index contributed by atoms with van der Waals surface area (Å²) in [6.07, 6.45) is 0. The van der Waals surface area contributed by atoms with Gasteiger partial charge in [-0.1, -0.05) is 34.1 Å². The van der Waals surface area contributed by atoms with Gasteiger partial charge in [0.25, 0.3) is 5.91 Å². The van der Waals surface area contributed by atoms with Crippen molar-refractivity contribution in [2.24, 2.45) is 0 Å². The average molecular weight is 349 g/mol. The summed E-state index contributed by atoms with van der Waals surface area (Å²) in [6.45, 7) is 2.20. The number of carbonyl (C=O) groups is 1. The average Bonchev–Trinajstić information content (AvgIpc) is 2.91. The van der Waals surface area contributed by atoms with Crippen molar-refractivity contribution >= 4 is 21.8 Å². The first-order chi connectivity index (χ1) is 10.1. The second-order valence-corrected chi connectivity index (χ2v) is 5.96. The Kier molecular flexibility index (Phi) is 4.03. The predicted molar refractivity (Wildman–Crippen MR) is 82.3 cm³/mol. The van der Waals surface area contributed by atoms with Crippen LogP contribution >= 0.6 is 15.9 Å². The molecule has 1 aliphatic rings. The molecule has 0 fully saturated rings. The normalized spacial score (nSPS) is 13.0. The van der Waals surface area contributed by atoms with Crippen molar-refractivity contribution in [3.8, 4) is 0 Å². The van der Waals surface area contributed by atoms with Crippen LogP contribution in [-0.4, -0.2) is 5.91 Å². The third-order valence-electron chi connectivity index (χ3n) is 3.48. The molecule has 2 N–H and O–H groups in total. The van der Waals surface area contributed by atoms with Gasteiger partial charge in [0.15, 0.2) is 0 Å². The van der Waals surface area contributed by atoms with E-state index in [0.29, 0.717) is 16.6 Å². The van der Waals surface area contributed by atoms with Gasteiger partial charge in [-0.3, -0.25) is 4.79 Å². The number of amides is 1. The zero-order valence-electron chi connectivity index (χ0n) is 11.2. The molecular weight excluding hydrogens is 335 g/mol. The summed E-state index contributed by atoms with van der Waals surface area (Å²) in [5.74, 6) is -0.716. The second-order valence-electron chi connectivity index (χ2n) is 5.05. The van der Waals surface area contributed by atoms with Crippen molar-refractivity contribution in [1.29, 1.82) is 0 Å². The molecule has 0 spiro atoms. The standard InChI is InChI=1S/C16H14BrFN2O/c17-14-4-12(5-15(18)6-14)16(21)20-7-10-1-2-11-8-19-9-13(11)3-10/h1-6,19H,7-9H2,(H,20,21). The van der Waals surface area contributed by atoms with Gasteiger partial charge in [0.05, 0.1) is 0 Å². The van der Waals surface area contributed by atoms with Crippen LogP contribution in [0.2, 0.25) is 0 Å². The maximum atomic E-state index is 13.3. The van der Waals surface area contributed by atoms with E-state index in [0.717, 1.165) is 18.7 Å². The molecule has 0 unspecified atom stereocenters.